The van der Waals surface area contributed by atoms with Crippen LogP contribution in [0.1, 0.15) is 0 Å². The third kappa shape index (κ3) is 6.05. The number of hydrogen-bond acceptors (Lipinski definition) is 8. The van der Waals surface area contributed by atoms with Crippen molar-refractivity contribution in [1.82, 2.24) is 4.57 Å². The minimum absolute atomic E-state index is 0.00147. The minimum atomic E-state index is -0.531. The van der Waals surface area contributed by atoms with Gasteiger partial charge in [0.1, 0.15) is 17.2 Å². The molecule has 1 aromatic heterocycles. The normalized spacial score (nSPS) is 11.3. The summed E-state index contributed by atoms with van der Waals surface area (Å²) in [6.07, 6.45) is 0. The van der Waals surface area contributed by atoms with E-state index in [4.69, 9.17) is 0 Å². The summed E-state index contributed by atoms with van der Waals surface area (Å²) < 4.78 is 2.27. The summed E-state index contributed by atoms with van der Waals surface area (Å²) in [5.74, 6) is -2.74. The first-order chi connectivity index (χ1) is 28.2. The monoisotopic (exact) mass is 780 g/mol. The summed E-state index contributed by atoms with van der Waals surface area (Å²) in [6, 6.07) is 51.3. The highest BCUT2D eigenvalue weighted by molar-refractivity contribution is 7.99. The van der Waals surface area contributed by atoms with Crippen LogP contribution in [0.3, 0.4) is 0 Å². The first kappa shape index (κ1) is 36.2. The van der Waals surface area contributed by atoms with Gasteiger partial charge >= 0.3 is 0 Å². The fraction of sp³-hybridized carbons (Fsp3) is 0.0204. The first-order valence-corrected chi connectivity index (χ1v) is 19.3. The summed E-state index contributed by atoms with van der Waals surface area (Å²) in [7, 11) is 1.70. The van der Waals surface area contributed by atoms with Crippen LogP contribution in [0.2, 0.25) is 0 Å². The fourth-order valence-electron chi connectivity index (χ4n) is 7.68. The average Bonchev–Trinajstić information content (AvgIpc) is 3.60. The lowest BCUT2D eigenvalue weighted by Gasteiger charge is -2.26. The van der Waals surface area contributed by atoms with Gasteiger partial charge < -0.3 is 40.1 Å². The van der Waals surface area contributed by atoms with Crippen molar-refractivity contribution >= 4 is 44.9 Å². The van der Waals surface area contributed by atoms with E-state index < -0.39 is 23.0 Å². The van der Waals surface area contributed by atoms with Crippen LogP contribution in [0, 0.1) is 0 Å². The van der Waals surface area contributed by atoms with Crippen molar-refractivity contribution in [3.8, 4) is 73.6 Å². The maximum absolute atomic E-state index is 12.0. The van der Waals surface area contributed by atoms with Gasteiger partial charge in [-0.3, -0.25) is 0 Å². The highest BCUT2D eigenvalue weighted by Gasteiger charge is 2.30. The van der Waals surface area contributed by atoms with E-state index in [1.165, 1.54) is 16.8 Å². The van der Waals surface area contributed by atoms with Crippen LogP contribution in [0.5, 0.6) is 34.5 Å². The van der Waals surface area contributed by atoms with Gasteiger partial charge in [0.2, 0.25) is 0 Å². The summed E-state index contributed by atoms with van der Waals surface area (Å²) >= 11 is 0.869. The van der Waals surface area contributed by atoms with Crippen molar-refractivity contribution < 1.29 is 30.6 Å². The Hall–Kier alpha value is -7.49. The van der Waals surface area contributed by atoms with Gasteiger partial charge in [-0.05, 0) is 58.7 Å². The summed E-state index contributed by atoms with van der Waals surface area (Å²) in [5, 5.41) is 70.9. The van der Waals surface area contributed by atoms with Crippen LogP contribution in [0.15, 0.2) is 174 Å². The Kier molecular flexibility index (Phi) is 9.07. The molecule has 6 N–H and O–H groups in total. The first-order valence-electron chi connectivity index (χ1n) is 18.5. The third-order valence-electron chi connectivity index (χ3n) is 10.5. The van der Waals surface area contributed by atoms with E-state index in [1.54, 1.807) is 72.6 Å². The summed E-state index contributed by atoms with van der Waals surface area (Å²) in [4.78, 5) is 1.81. The fourth-order valence-corrected chi connectivity index (χ4v) is 8.80. The second kappa shape index (κ2) is 14.5. The maximum Gasteiger partial charge on any atom is 0.183 e. The number of aromatic hydroxyl groups is 6. The molecule has 8 aromatic carbocycles. The van der Waals surface area contributed by atoms with E-state index in [0.717, 1.165) is 39.6 Å². The number of phenols is 6. The Labute approximate surface area is 338 Å². The molecule has 8 nitrogen and oxygen atoms in total. The number of rotatable bonds is 8. The topological polar surface area (TPSA) is 130 Å². The van der Waals surface area contributed by atoms with Crippen molar-refractivity contribution in [1.29, 1.82) is 0 Å². The Morgan fingerprint density at radius 2 is 0.983 bits per heavy atom. The van der Waals surface area contributed by atoms with E-state index in [-0.39, 0.29) is 38.1 Å². The van der Waals surface area contributed by atoms with E-state index >= 15 is 0 Å². The highest BCUT2D eigenvalue weighted by atomic mass is 32.2. The molecule has 0 radical (unpaired) electrons. The van der Waals surface area contributed by atoms with Crippen molar-refractivity contribution in [2.24, 2.45) is 0 Å². The van der Waals surface area contributed by atoms with E-state index in [9.17, 15) is 30.6 Å². The number of aromatic nitrogens is 1. The number of nitrogens with zero attached hydrogens (tertiary/aromatic N) is 2. The summed E-state index contributed by atoms with van der Waals surface area (Å²) in [6.45, 7) is 0. The molecule has 0 saturated heterocycles. The van der Waals surface area contributed by atoms with Crippen LogP contribution in [-0.2, 0) is 0 Å². The van der Waals surface area contributed by atoms with Gasteiger partial charge in [-0.1, -0.05) is 133 Å². The van der Waals surface area contributed by atoms with Gasteiger partial charge in [-0.15, -0.1) is 0 Å². The van der Waals surface area contributed by atoms with Crippen molar-refractivity contribution in [3.05, 3.63) is 164 Å². The smallest absolute Gasteiger partial charge is 0.183 e. The second-order valence-electron chi connectivity index (χ2n) is 13.9. The van der Waals surface area contributed by atoms with Gasteiger partial charge in [0.25, 0.3) is 0 Å². The van der Waals surface area contributed by atoms with Crippen molar-refractivity contribution in [2.45, 2.75) is 9.79 Å². The number of anilines is 2. The van der Waals surface area contributed by atoms with E-state index in [1.807, 2.05) is 42.5 Å². The number of benzene rings is 8. The average molecular weight is 781 g/mol. The Morgan fingerprint density at radius 3 is 1.59 bits per heavy atom. The SMILES string of the molecule is CN(c1ccc(-c2cccc(-n3c4ccccc4c4ccccc43)c2)cc1)c1c(O)c(O)c(-c2ccccc2)c(O)c1Sc1cc(O)c(O)c(-c2ccccc2)c1O. The van der Waals surface area contributed by atoms with Gasteiger partial charge in [-0.25, -0.2) is 0 Å². The highest BCUT2D eigenvalue weighted by Crippen LogP contribution is 2.59. The van der Waals surface area contributed by atoms with Gasteiger partial charge in [0.05, 0.1) is 32.0 Å². The molecule has 0 aliphatic heterocycles. The van der Waals surface area contributed by atoms with Crippen LogP contribution in [0.4, 0.5) is 11.4 Å². The molecule has 0 unspecified atom stereocenters. The lowest BCUT2D eigenvalue weighted by Crippen LogP contribution is -2.11. The maximum atomic E-state index is 12.0. The molecule has 58 heavy (non-hydrogen) atoms. The molecule has 0 aliphatic carbocycles. The molecule has 0 bridgehead atoms. The molecule has 0 aliphatic rings. The van der Waals surface area contributed by atoms with Gasteiger partial charge in [0, 0.05) is 35.3 Å². The number of para-hydroxylation sites is 2. The minimum Gasteiger partial charge on any atom is -0.506 e. The van der Waals surface area contributed by atoms with Crippen LogP contribution in [-0.4, -0.2) is 42.3 Å². The molecule has 9 rings (SSSR count). The molecule has 9 aromatic rings. The van der Waals surface area contributed by atoms with Crippen molar-refractivity contribution in [2.75, 3.05) is 11.9 Å². The summed E-state index contributed by atoms with van der Waals surface area (Å²) in [5.41, 5.74) is 6.74. The van der Waals surface area contributed by atoms with Gasteiger partial charge in [-0.2, -0.15) is 0 Å². The van der Waals surface area contributed by atoms with E-state index in [0.29, 0.717) is 16.8 Å². The molecule has 0 amide bonds. The quantitative estimate of drug-likeness (QED) is 0.0664. The zero-order chi connectivity index (χ0) is 40.1. The lowest BCUT2D eigenvalue weighted by molar-refractivity contribution is 0.394. The Bertz CT molecular complexity index is 2950. The number of phenolic OH excluding ortho intramolecular Hbond substituents is 6. The molecule has 1 heterocycles. The molecule has 9 heteroatoms. The van der Waals surface area contributed by atoms with Crippen LogP contribution in [0.25, 0.3) is 60.9 Å². The van der Waals surface area contributed by atoms with Crippen molar-refractivity contribution in [3.63, 3.8) is 0 Å². The Balaban J connectivity index is 1.13. The van der Waals surface area contributed by atoms with E-state index in [2.05, 4.69) is 59.2 Å². The molecule has 0 fully saturated rings. The molecular weight excluding hydrogens is 745 g/mol. The largest absolute Gasteiger partial charge is 0.506 e. The molecule has 0 saturated carbocycles. The van der Waals surface area contributed by atoms with Crippen LogP contribution < -0.4 is 4.90 Å². The predicted molar refractivity (Wildman–Crippen MR) is 232 cm³/mol. The third-order valence-corrected chi connectivity index (χ3v) is 11.6. The zero-order valence-electron chi connectivity index (χ0n) is 31.1. The molecular formula is C49H36N2O6S. The second-order valence-corrected chi connectivity index (χ2v) is 15.0. The van der Waals surface area contributed by atoms with Crippen LogP contribution >= 0.6 is 11.8 Å². The standard InChI is InChI=1S/C49H36N2O6S/c1-50(33-25-23-29(24-26-33)32-17-12-18-34(27-32)51-37-21-10-8-19-35(37)36-20-9-11-22-38(36)51)43-48(57)46(55)42(31-15-6-3-7-16-31)47(56)49(43)58-40-28-39(52)44(53)41(45(40)54)30-13-4-2-5-14-30/h2-28,52-57H,1H3. The van der Waals surface area contributed by atoms with Gasteiger partial charge in [0.15, 0.2) is 23.0 Å². The number of fused-ring (bicyclic) bond motifs is 3. The number of hydrogen-bond donors (Lipinski definition) is 6. The zero-order valence-corrected chi connectivity index (χ0v) is 31.9. The lowest BCUT2D eigenvalue weighted by atomic mass is 10.0. The predicted octanol–water partition coefficient (Wildman–Crippen LogP) is 11.9. The molecule has 284 valence electrons. The molecule has 0 spiro atoms. The molecule has 0 atom stereocenters. The Morgan fingerprint density at radius 1 is 0.448 bits per heavy atom.